The van der Waals surface area contributed by atoms with Gasteiger partial charge in [0.25, 0.3) is 0 Å². The van der Waals surface area contributed by atoms with Crippen molar-refractivity contribution in [3.05, 3.63) is 0 Å². The maximum Gasteiger partial charge on any atom is 0.319 e. The van der Waals surface area contributed by atoms with Crippen molar-refractivity contribution in [2.45, 2.75) is 57.8 Å². The maximum atomic E-state index is 12.3. The Bertz CT molecular complexity index is 455. The number of hydrogen-bond donors (Lipinski definition) is 2. The standard InChI is InChI=1S/C18H31N3O4/c22-16(23)7-3-1-2-4-10-19-17(24)15-8-13-21(14-9-15)18(25)20-11-5-6-12-20/h15H,1-14H2,(H,19,24)(H,22,23). The molecule has 2 heterocycles. The van der Waals surface area contributed by atoms with Crippen molar-refractivity contribution in [2.24, 2.45) is 5.92 Å². The Morgan fingerprint density at radius 3 is 2.12 bits per heavy atom. The number of carboxylic acids is 1. The molecule has 2 rings (SSSR count). The fraction of sp³-hybridized carbons (Fsp3) is 0.833. The monoisotopic (exact) mass is 353 g/mol. The number of urea groups is 1. The zero-order valence-electron chi connectivity index (χ0n) is 15.0. The smallest absolute Gasteiger partial charge is 0.319 e. The first-order valence-corrected chi connectivity index (χ1v) is 9.61. The van der Waals surface area contributed by atoms with Gasteiger partial charge < -0.3 is 20.2 Å². The fourth-order valence-corrected chi connectivity index (χ4v) is 3.55. The molecule has 2 aliphatic rings. The van der Waals surface area contributed by atoms with E-state index in [1.165, 1.54) is 0 Å². The summed E-state index contributed by atoms with van der Waals surface area (Å²) in [4.78, 5) is 38.8. The van der Waals surface area contributed by atoms with Crippen LogP contribution in [0.15, 0.2) is 0 Å². The summed E-state index contributed by atoms with van der Waals surface area (Å²) in [7, 11) is 0. The third kappa shape index (κ3) is 6.55. The average molecular weight is 353 g/mol. The molecule has 0 spiro atoms. The topological polar surface area (TPSA) is 90.0 Å². The molecule has 0 saturated carbocycles. The van der Waals surface area contributed by atoms with Gasteiger partial charge in [-0.05, 0) is 38.5 Å². The van der Waals surface area contributed by atoms with E-state index in [-0.39, 0.29) is 24.3 Å². The Balaban J connectivity index is 1.55. The van der Waals surface area contributed by atoms with Gasteiger partial charge in [0, 0.05) is 45.1 Å². The van der Waals surface area contributed by atoms with Crippen LogP contribution in [0.2, 0.25) is 0 Å². The van der Waals surface area contributed by atoms with Gasteiger partial charge in [-0.2, -0.15) is 0 Å². The van der Waals surface area contributed by atoms with E-state index in [9.17, 15) is 14.4 Å². The molecule has 142 valence electrons. The van der Waals surface area contributed by atoms with Gasteiger partial charge in [0.15, 0.2) is 0 Å². The van der Waals surface area contributed by atoms with Crippen LogP contribution in [-0.4, -0.2) is 65.5 Å². The Morgan fingerprint density at radius 2 is 1.48 bits per heavy atom. The normalized spacial score (nSPS) is 18.4. The lowest BCUT2D eigenvalue weighted by atomic mass is 9.96. The summed E-state index contributed by atoms with van der Waals surface area (Å²) in [5.74, 6) is -0.642. The van der Waals surface area contributed by atoms with Gasteiger partial charge in [-0.3, -0.25) is 9.59 Å². The van der Waals surface area contributed by atoms with Gasteiger partial charge in [-0.1, -0.05) is 12.8 Å². The molecule has 2 fully saturated rings. The fourth-order valence-electron chi connectivity index (χ4n) is 3.55. The quantitative estimate of drug-likeness (QED) is 0.654. The van der Waals surface area contributed by atoms with Gasteiger partial charge in [0.1, 0.15) is 0 Å². The predicted octanol–water partition coefficient (Wildman–Crippen LogP) is 2.07. The molecule has 0 unspecified atom stereocenters. The highest BCUT2D eigenvalue weighted by Crippen LogP contribution is 2.20. The largest absolute Gasteiger partial charge is 0.481 e. The molecule has 25 heavy (non-hydrogen) atoms. The number of nitrogens with one attached hydrogen (secondary N) is 1. The molecule has 7 heteroatoms. The highest BCUT2D eigenvalue weighted by atomic mass is 16.4. The minimum absolute atomic E-state index is 0.00892. The van der Waals surface area contributed by atoms with Crippen molar-refractivity contribution in [3.8, 4) is 0 Å². The van der Waals surface area contributed by atoms with Crippen molar-refractivity contribution in [3.63, 3.8) is 0 Å². The van der Waals surface area contributed by atoms with Crippen LogP contribution in [0.4, 0.5) is 4.79 Å². The molecule has 0 bridgehead atoms. The number of likely N-dealkylation sites (tertiary alicyclic amines) is 2. The Kier molecular flexibility index (Phi) is 8.01. The molecule has 0 aromatic heterocycles. The highest BCUT2D eigenvalue weighted by molar-refractivity contribution is 5.79. The van der Waals surface area contributed by atoms with Crippen LogP contribution in [-0.2, 0) is 9.59 Å². The number of carbonyl (C=O) groups is 3. The lowest BCUT2D eigenvalue weighted by molar-refractivity contribution is -0.137. The van der Waals surface area contributed by atoms with Crippen LogP contribution in [0, 0.1) is 5.92 Å². The molecular formula is C18H31N3O4. The molecule has 2 aliphatic heterocycles. The third-order valence-corrected chi connectivity index (χ3v) is 5.13. The second kappa shape index (κ2) is 10.3. The molecule has 0 radical (unpaired) electrons. The Hall–Kier alpha value is -1.79. The van der Waals surface area contributed by atoms with Gasteiger partial charge in [-0.25, -0.2) is 4.79 Å². The zero-order chi connectivity index (χ0) is 18.1. The van der Waals surface area contributed by atoms with Crippen molar-refractivity contribution in [1.29, 1.82) is 0 Å². The number of hydrogen-bond acceptors (Lipinski definition) is 3. The first kappa shape index (κ1) is 19.5. The average Bonchev–Trinajstić information content (AvgIpc) is 3.14. The van der Waals surface area contributed by atoms with Crippen LogP contribution in [0.25, 0.3) is 0 Å². The van der Waals surface area contributed by atoms with E-state index < -0.39 is 5.97 Å². The van der Waals surface area contributed by atoms with E-state index in [0.717, 1.165) is 58.0 Å². The van der Waals surface area contributed by atoms with Crippen LogP contribution >= 0.6 is 0 Å². The summed E-state index contributed by atoms with van der Waals surface area (Å²) in [6.45, 7) is 3.72. The number of unbranched alkanes of at least 4 members (excludes halogenated alkanes) is 3. The number of carbonyl (C=O) groups excluding carboxylic acids is 2. The highest BCUT2D eigenvalue weighted by Gasteiger charge is 2.30. The van der Waals surface area contributed by atoms with Gasteiger partial charge in [0.2, 0.25) is 5.91 Å². The molecule has 2 saturated heterocycles. The summed E-state index contributed by atoms with van der Waals surface area (Å²) in [6, 6.07) is 0.137. The first-order valence-electron chi connectivity index (χ1n) is 9.61. The zero-order valence-corrected chi connectivity index (χ0v) is 15.0. The van der Waals surface area contributed by atoms with E-state index >= 15 is 0 Å². The van der Waals surface area contributed by atoms with Crippen molar-refractivity contribution >= 4 is 17.9 Å². The number of aliphatic carboxylic acids is 1. The molecule has 0 aliphatic carbocycles. The maximum absolute atomic E-state index is 12.3. The van der Waals surface area contributed by atoms with E-state index in [1.807, 2.05) is 9.80 Å². The van der Waals surface area contributed by atoms with Crippen molar-refractivity contribution in [1.82, 2.24) is 15.1 Å². The Morgan fingerprint density at radius 1 is 0.880 bits per heavy atom. The lowest BCUT2D eigenvalue weighted by Gasteiger charge is -2.34. The summed E-state index contributed by atoms with van der Waals surface area (Å²) in [6.07, 6.45) is 7.32. The number of nitrogens with zero attached hydrogens (tertiary/aromatic N) is 2. The van der Waals surface area contributed by atoms with Crippen LogP contribution in [0.3, 0.4) is 0 Å². The molecular weight excluding hydrogens is 322 g/mol. The molecule has 3 amide bonds. The predicted molar refractivity (Wildman–Crippen MR) is 94.2 cm³/mol. The van der Waals surface area contributed by atoms with E-state index in [4.69, 9.17) is 5.11 Å². The van der Waals surface area contributed by atoms with Crippen molar-refractivity contribution < 1.29 is 19.5 Å². The number of piperidine rings is 1. The van der Waals surface area contributed by atoms with Crippen LogP contribution < -0.4 is 5.32 Å². The first-order chi connectivity index (χ1) is 12.1. The molecule has 0 atom stereocenters. The number of rotatable bonds is 8. The molecule has 0 aromatic carbocycles. The number of amides is 3. The van der Waals surface area contributed by atoms with Crippen molar-refractivity contribution in [2.75, 3.05) is 32.7 Å². The summed E-state index contributed by atoms with van der Waals surface area (Å²) in [5, 5.41) is 11.5. The van der Waals surface area contributed by atoms with E-state index in [0.29, 0.717) is 26.1 Å². The van der Waals surface area contributed by atoms with Gasteiger partial charge >= 0.3 is 12.0 Å². The van der Waals surface area contributed by atoms with Gasteiger partial charge in [0.05, 0.1) is 0 Å². The number of carboxylic acid groups (broad SMARTS) is 1. The molecule has 2 N–H and O–H groups in total. The minimum atomic E-state index is -0.747. The molecule has 7 nitrogen and oxygen atoms in total. The van der Waals surface area contributed by atoms with Gasteiger partial charge in [-0.15, -0.1) is 0 Å². The summed E-state index contributed by atoms with van der Waals surface area (Å²) < 4.78 is 0. The SMILES string of the molecule is O=C(O)CCCCCCNC(=O)C1CCN(C(=O)N2CCCC2)CC1. The summed E-state index contributed by atoms with van der Waals surface area (Å²) >= 11 is 0. The third-order valence-electron chi connectivity index (χ3n) is 5.13. The van der Waals surface area contributed by atoms with Crippen LogP contribution in [0.1, 0.15) is 57.8 Å². The van der Waals surface area contributed by atoms with Crippen LogP contribution in [0.5, 0.6) is 0 Å². The lowest BCUT2D eigenvalue weighted by Crippen LogP contribution is -2.47. The van der Waals surface area contributed by atoms with E-state index in [1.54, 1.807) is 0 Å². The Labute approximate surface area is 149 Å². The summed E-state index contributed by atoms with van der Waals surface area (Å²) in [5.41, 5.74) is 0. The van der Waals surface area contributed by atoms with E-state index in [2.05, 4.69) is 5.32 Å². The minimum Gasteiger partial charge on any atom is -0.481 e. The molecule has 0 aromatic rings. The second-order valence-corrected chi connectivity index (χ2v) is 7.09. The second-order valence-electron chi connectivity index (χ2n) is 7.09.